The average Bonchev–Trinajstić information content (AvgIpc) is 3.53. The Labute approximate surface area is 202 Å². The van der Waals surface area contributed by atoms with E-state index in [2.05, 4.69) is 27.2 Å². The predicted octanol–water partition coefficient (Wildman–Crippen LogP) is 4.01. The van der Waals surface area contributed by atoms with Crippen LogP contribution in [0, 0.1) is 0 Å². The van der Waals surface area contributed by atoms with Gasteiger partial charge in [-0.2, -0.15) is 5.10 Å². The van der Waals surface area contributed by atoms with Gasteiger partial charge in [-0.1, -0.05) is 49.0 Å². The summed E-state index contributed by atoms with van der Waals surface area (Å²) in [6.45, 7) is 4.96. The Kier molecular flexibility index (Phi) is 6.75. The van der Waals surface area contributed by atoms with Gasteiger partial charge >= 0.3 is 5.91 Å². The molecule has 0 bridgehead atoms. The summed E-state index contributed by atoms with van der Waals surface area (Å²) < 4.78 is 7.47. The van der Waals surface area contributed by atoms with E-state index in [-0.39, 0.29) is 11.8 Å². The second kappa shape index (κ2) is 10.3. The Morgan fingerprint density at radius 1 is 1.12 bits per heavy atom. The zero-order valence-electron chi connectivity index (χ0n) is 19.1. The first kappa shape index (κ1) is 22.4. The molecule has 1 fully saturated rings. The molecule has 9 nitrogen and oxygen atoms in total. The number of hydrogen-bond acceptors (Lipinski definition) is 8. The number of piperidine rings is 1. The van der Waals surface area contributed by atoms with E-state index in [9.17, 15) is 4.79 Å². The third-order valence-corrected chi connectivity index (χ3v) is 6.48. The molecule has 0 radical (unpaired) electrons. The third-order valence-electron chi connectivity index (χ3n) is 5.75. The van der Waals surface area contributed by atoms with Gasteiger partial charge in [0.25, 0.3) is 5.89 Å². The lowest BCUT2D eigenvalue weighted by Gasteiger charge is -2.28. The maximum atomic E-state index is 12.5. The summed E-state index contributed by atoms with van der Waals surface area (Å²) in [4.78, 5) is 28.6. The SMILES string of the molecule is CCSc1nc(N2CCCCC2)c2cnn(CCNC(=O)c3ncc(-c4ccccc4)o3)c2n1. The first-order valence-corrected chi connectivity index (χ1v) is 12.6. The molecule has 34 heavy (non-hydrogen) atoms. The summed E-state index contributed by atoms with van der Waals surface area (Å²) >= 11 is 1.63. The number of anilines is 1. The molecule has 0 atom stereocenters. The molecule has 5 rings (SSSR count). The molecule has 1 aliphatic heterocycles. The van der Waals surface area contributed by atoms with Gasteiger partial charge in [0.2, 0.25) is 0 Å². The van der Waals surface area contributed by atoms with E-state index in [0.717, 1.165) is 46.4 Å². The van der Waals surface area contributed by atoms with Crippen molar-refractivity contribution >= 4 is 34.5 Å². The number of aromatic nitrogens is 5. The minimum Gasteiger partial charge on any atom is -0.432 e. The lowest BCUT2D eigenvalue weighted by atomic mass is 10.1. The number of carbonyl (C=O) groups excluding carboxylic acids is 1. The smallest absolute Gasteiger partial charge is 0.307 e. The largest absolute Gasteiger partial charge is 0.432 e. The molecule has 0 unspecified atom stereocenters. The molecule has 0 aliphatic carbocycles. The lowest BCUT2D eigenvalue weighted by molar-refractivity contribution is 0.0918. The first-order valence-electron chi connectivity index (χ1n) is 11.6. The molecular weight excluding hydrogens is 450 g/mol. The standard InChI is InChI=1S/C24H27N7O2S/c1-2-34-24-28-20(30-12-7-4-8-13-30)18-15-27-31(21(18)29-24)14-11-25-22(32)23-26-16-19(33-23)17-9-5-3-6-10-17/h3,5-6,9-10,15-16H,2,4,7-8,11-14H2,1H3,(H,25,32). The van der Waals surface area contributed by atoms with Crippen molar-refractivity contribution in [3.05, 3.63) is 48.6 Å². The molecule has 4 aromatic rings. The number of nitrogens with zero attached hydrogens (tertiary/aromatic N) is 6. The highest BCUT2D eigenvalue weighted by molar-refractivity contribution is 7.99. The molecule has 10 heteroatoms. The Morgan fingerprint density at radius 3 is 2.74 bits per heavy atom. The molecular formula is C24H27N7O2S. The number of amides is 1. The van der Waals surface area contributed by atoms with Gasteiger partial charge in [0.05, 0.1) is 24.3 Å². The number of nitrogens with one attached hydrogen (secondary N) is 1. The summed E-state index contributed by atoms with van der Waals surface area (Å²) in [7, 11) is 0. The fourth-order valence-corrected chi connectivity index (χ4v) is 4.65. The number of hydrogen-bond donors (Lipinski definition) is 1. The number of rotatable bonds is 8. The second-order valence-electron chi connectivity index (χ2n) is 8.07. The predicted molar refractivity (Wildman–Crippen MR) is 132 cm³/mol. The minimum absolute atomic E-state index is 0.0421. The van der Waals surface area contributed by atoms with E-state index in [4.69, 9.17) is 14.4 Å². The van der Waals surface area contributed by atoms with Gasteiger partial charge in [0.1, 0.15) is 5.82 Å². The van der Waals surface area contributed by atoms with Crippen LogP contribution in [0.4, 0.5) is 5.82 Å². The van der Waals surface area contributed by atoms with Crippen molar-refractivity contribution in [3.63, 3.8) is 0 Å². The normalized spacial score (nSPS) is 14.0. The van der Waals surface area contributed by atoms with Gasteiger partial charge in [-0.3, -0.25) is 4.79 Å². The van der Waals surface area contributed by atoms with Gasteiger partial charge in [0, 0.05) is 25.2 Å². The van der Waals surface area contributed by atoms with Crippen molar-refractivity contribution in [3.8, 4) is 11.3 Å². The van der Waals surface area contributed by atoms with Crippen molar-refractivity contribution in [2.45, 2.75) is 37.9 Å². The molecule has 176 valence electrons. The minimum atomic E-state index is -0.357. The van der Waals surface area contributed by atoms with Crippen molar-refractivity contribution < 1.29 is 9.21 Å². The zero-order chi connectivity index (χ0) is 23.3. The third kappa shape index (κ3) is 4.77. The van der Waals surface area contributed by atoms with Gasteiger partial charge in [-0.25, -0.2) is 19.6 Å². The van der Waals surface area contributed by atoms with Crippen LogP contribution in [-0.2, 0) is 6.54 Å². The molecule has 1 aliphatic rings. The van der Waals surface area contributed by atoms with E-state index in [0.29, 0.717) is 18.8 Å². The zero-order valence-corrected chi connectivity index (χ0v) is 19.9. The summed E-state index contributed by atoms with van der Waals surface area (Å²) in [6.07, 6.45) is 7.01. The Balaban J connectivity index is 1.29. The van der Waals surface area contributed by atoms with E-state index in [1.165, 1.54) is 19.3 Å². The highest BCUT2D eigenvalue weighted by Crippen LogP contribution is 2.29. The van der Waals surface area contributed by atoms with Crippen LogP contribution in [-0.4, -0.2) is 56.0 Å². The van der Waals surface area contributed by atoms with E-state index >= 15 is 0 Å². The molecule has 0 spiro atoms. The topological polar surface area (TPSA) is 102 Å². The molecule has 1 N–H and O–H groups in total. The summed E-state index contributed by atoms with van der Waals surface area (Å²) in [5.41, 5.74) is 1.67. The second-order valence-corrected chi connectivity index (χ2v) is 9.30. The fourth-order valence-electron chi connectivity index (χ4n) is 4.09. The summed E-state index contributed by atoms with van der Waals surface area (Å²) in [5, 5.41) is 9.13. The van der Waals surface area contributed by atoms with Crippen LogP contribution in [0.2, 0.25) is 0 Å². The molecule has 1 aromatic carbocycles. The number of fused-ring (bicyclic) bond motifs is 1. The maximum Gasteiger partial charge on any atom is 0.307 e. The number of carbonyl (C=O) groups is 1. The number of thioether (sulfide) groups is 1. The average molecular weight is 478 g/mol. The number of oxazole rings is 1. The monoisotopic (exact) mass is 477 g/mol. The van der Waals surface area contributed by atoms with Crippen LogP contribution in [0.1, 0.15) is 36.9 Å². The van der Waals surface area contributed by atoms with Crippen molar-refractivity contribution in [1.82, 2.24) is 30.0 Å². The molecule has 1 saturated heterocycles. The van der Waals surface area contributed by atoms with E-state index < -0.39 is 0 Å². The van der Waals surface area contributed by atoms with Gasteiger partial charge in [-0.15, -0.1) is 0 Å². The van der Waals surface area contributed by atoms with Crippen molar-refractivity contribution in [1.29, 1.82) is 0 Å². The quantitative estimate of drug-likeness (QED) is 0.300. The Bertz CT molecular complexity index is 1270. The fraction of sp³-hybridized carbons (Fsp3) is 0.375. The van der Waals surface area contributed by atoms with Crippen LogP contribution >= 0.6 is 11.8 Å². The summed E-state index contributed by atoms with van der Waals surface area (Å²) in [6, 6.07) is 9.58. The van der Waals surface area contributed by atoms with Crippen molar-refractivity contribution in [2.24, 2.45) is 0 Å². The molecule has 0 saturated carbocycles. The van der Waals surface area contributed by atoms with Crippen LogP contribution in [0.25, 0.3) is 22.4 Å². The van der Waals surface area contributed by atoms with Crippen molar-refractivity contribution in [2.75, 3.05) is 30.3 Å². The molecule has 3 aromatic heterocycles. The van der Waals surface area contributed by atoms with Crippen LogP contribution < -0.4 is 10.2 Å². The highest BCUT2D eigenvalue weighted by Gasteiger charge is 2.20. The highest BCUT2D eigenvalue weighted by atomic mass is 32.2. The Hall–Kier alpha value is -3.40. The molecule has 4 heterocycles. The first-order chi connectivity index (χ1) is 16.7. The number of benzene rings is 1. The van der Waals surface area contributed by atoms with Gasteiger partial charge in [-0.05, 0) is 25.0 Å². The summed E-state index contributed by atoms with van der Waals surface area (Å²) in [5.74, 6) is 2.11. The van der Waals surface area contributed by atoms with Crippen LogP contribution in [0.3, 0.4) is 0 Å². The van der Waals surface area contributed by atoms with E-state index in [1.807, 2.05) is 41.2 Å². The Morgan fingerprint density at radius 2 is 1.94 bits per heavy atom. The maximum absolute atomic E-state index is 12.5. The van der Waals surface area contributed by atoms with Gasteiger partial charge < -0.3 is 14.6 Å². The van der Waals surface area contributed by atoms with Crippen LogP contribution in [0.15, 0.2) is 52.3 Å². The lowest BCUT2D eigenvalue weighted by Crippen LogP contribution is -2.30. The van der Waals surface area contributed by atoms with Crippen LogP contribution in [0.5, 0.6) is 0 Å². The van der Waals surface area contributed by atoms with E-state index in [1.54, 1.807) is 18.0 Å². The molecule has 1 amide bonds. The van der Waals surface area contributed by atoms with Gasteiger partial charge in [0.15, 0.2) is 16.6 Å².